The zero-order chi connectivity index (χ0) is 11.4. The van der Waals surface area contributed by atoms with Gasteiger partial charge in [-0.2, -0.15) is 0 Å². The molecule has 86 valence electrons. The Bertz CT molecular complexity index is 357. The fourth-order valence-corrected chi connectivity index (χ4v) is 2.10. The second-order valence-corrected chi connectivity index (χ2v) is 4.35. The predicted octanol–water partition coefficient (Wildman–Crippen LogP) is 2.44. The van der Waals surface area contributed by atoms with Gasteiger partial charge in [0, 0.05) is 12.2 Å². The highest BCUT2D eigenvalue weighted by atomic mass is 16.5. The first kappa shape index (κ1) is 11.0. The average Bonchev–Trinajstić information content (AvgIpc) is 2.28. The standard InChI is InChI=1S/C13H17NO2/c1-16-12(15)13(8-5-9-13)10-14-11-6-3-2-4-7-11/h2-4,6-7,14H,5,8-10H2,1H3. The fourth-order valence-electron chi connectivity index (χ4n) is 2.10. The van der Waals surface area contributed by atoms with Gasteiger partial charge in [0.2, 0.25) is 0 Å². The molecule has 1 aliphatic rings. The molecule has 2 rings (SSSR count). The Kier molecular flexibility index (Phi) is 3.13. The van der Waals surface area contributed by atoms with E-state index in [0.29, 0.717) is 6.54 Å². The maximum atomic E-state index is 11.7. The van der Waals surface area contributed by atoms with Gasteiger partial charge < -0.3 is 10.1 Å². The third-order valence-corrected chi connectivity index (χ3v) is 3.33. The smallest absolute Gasteiger partial charge is 0.313 e. The lowest BCUT2D eigenvalue weighted by atomic mass is 9.68. The highest BCUT2D eigenvalue weighted by Gasteiger charge is 2.44. The van der Waals surface area contributed by atoms with Crippen molar-refractivity contribution >= 4 is 11.7 Å². The van der Waals surface area contributed by atoms with Crippen molar-refractivity contribution in [2.24, 2.45) is 5.41 Å². The largest absolute Gasteiger partial charge is 0.469 e. The number of para-hydroxylation sites is 1. The van der Waals surface area contributed by atoms with Crippen molar-refractivity contribution in [2.45, 2.75) is 19.3 Å². The van der Waals surface area contributed by atoms with E-state index in [1.807, 2.05) is 30.3 Å². The summed E-state index contributed by atoms with van der Waals surface area (Å²) in [5.41, 5.74) is 0.766. The van der Waals surface area contributed by atoms with Gasteiger partial charge >= 0.3 is 5.97 Å². The number of benzene rings is 1. The molecule has 0 saturated heterocycles. The first-order valence-corrected chi connectivity index (χ1v) is 5.64. The molecule has 3 nitrogen and oxygen atoms in total. The summed E-state index contributed by atoms with van der Waals surface area (Å²) in [6.07, 6.45) is 2.98. The molecule has 1 fully saturated rings. The molecule has 1 N–H and O–H groups in total. The SMILES string of the molecule is COC(=O)C1(CNc2ccccc2)CCC1. The summed E-state index contributed by atoms with van der Waals surface area (Å²) < 4.78 is 4.87. The lowest BCUT2D eigenvalue weighted by Gasteiger charge is -2.39. The molecule has 0 aromatic heterocycles. The zero-order valence-corrected chi connectivity index (χ0v) is 9.53. The van der Waals surface area contributed by atoms with Crippen LogP contribution >= 0.6 is 0 Å². The number of rotatable bonds is 4. The molecular formula is C13H17NO2. The van der Waals surface area contributed by atoms with Crippen molar-refractivity contribution in [3.8, 4) is 0 Å². The van der Waals surface area contributed by atoms with Gasteiger partial charge in [-0.15, -0.1) is 0 Å². The fraction of sp³-hybridized carbons (Fsp3) is 0.462. The molecule has 0 atom stereocenters. The summed E-state index contributed by atoms with van der Waals surface area (Å²) in [6, 6.07) is 9.94. The molecule has 16 heavy (non-hydrogen) atoms. The first-order valence-electron chi connectivity index (χ1n) is 5.64. The number of ether oxygens (including phenoxy) is 1. The maximum absolute atomic E-state index is 11.7. The molecular weight excluding hydrogens is 202 g/mol. The van der Waals surface area contributed by atoms with Crippen molar-refractivity contribution in [2.75, 3.05) is 19.0 Å². The topological polar surface area (TPSA) is 38.3 Å². The van der Waals surface area contributed by atoms with Gasteiger partial charge in [0.1, 0.15) is 0 Å². The second-order valence-electron chi connectivity index (χ2n) is 4.35. The number of esters is 1. The van der Waals surface area contributed by atoms with Gasteiger partial charge in [0.05, 0.1) is 12.5 Å². The lowest BCUT2D eigenvalue weighted by Crippen LogP contribution is -2.44. The summed E-state index contributed by atoms with van der Waals surface area (Å²) in [5.74, 6) is -0.0813. The van der Waals surface area contributed by atoms with Crippen LogP contribution in [-0.2, 0) is 9.53 Å². The van der Waals surface area contributed by atoms with Gasteiger partial charge in [-0.3, -0.25) is 4.79 Å². The molecule has 0 unspecified atom stereocenters. The Morgan fingerprint density at radius 1 is 1.38 bits per heavy atom. The lowest BCUT2D eigenvalue weighted by molar-refractivity contribution is -0.157. The van der Waals surface area contributed by atoms with Crippen LogP contribution in [0.5, 0.6) is 0 Å². The van der Waals surface area contributed by atoms with Crippen LogP contribution in [0.1, 0.15) is 19.3 Å². The minimum atomic E-state index is -0.287. The van der Waals surface area contributed by atoms with Crippen LogP contribution in [0.25, 0.3) is 0 Å². The third kappa shape index (κ3) is 2.03. The van der Waals surface area contributed by atoms with E-state index >= 15 is 0 Å². The number of carbonyl (C=O) groups excluding carboxylic acids is 1. The van der Waals surface area contributed by atoms with E-state index in [2.05, 4.69) is 5.32 Å². The molecule has 1 aromatic rings. The summed E-state index contributed by atoms with van der Waals surface area (Å²) >= 11 is 0. The van der Waals surface area contributed by atoms with Crippen LogP contribution in [-0.4, -0.2) is 19.6 Å². The van der Waals surface area contributed by atoms with Crippen molar-refractivity contribution in [3.05, 3.63) is 30.3 Å². The second kappa shape index (κ2) is 4.56. The third-order valence-electron chi connectivity index (χ3n) is 3.33. The van der Waals surface area contributed by atoms with E-state index in [1.165, 1.54) is 7.11 Å². The van der Waals surface area contributed by atoms with E-state index in [1.54, 1.807) is 0 Å². The minimum absolute atomic E-state index is 0.0813. The average molecular weight is 219 g/mol. The number of anilines is 1. The van der Waals surface area contributed by atoms with Gasteiger partial charge in [0.25, 0.3) is 0 Å². The molecule has 0 radical (unpaired) electrons. The summed E-state index contributed by atoms with van der Waals surface area (Å²) in [4.78, 5) is 11.7. The van der Waals surface area contributed by atoms with Gasteiger partial charge in [-0.25, -0.2) is 0 Å². The molecule has 3 heteroatoms. The van der Waals surface area contributed by atoms with Crippen LogP contribution in [0.2, 0.25) is 0 Å². The number of hydrogen-bond donors (Lipinski definition) is 1. The Hall–Kier alpha value is -1.51. The van der Waals surface area contributed by atoms with Gasteiger partial charge in [0.15, 0.2) is 0 Å². The Labute approximate surface area is 95.8 Å². The molecule has 0 aliphatic heterocycles. The number of hydrogen-bond acceptors (Lipinski definition) is 3. The van der Waals surface area contributed by atoms with Crippen molar-refractivity contribution in [1.29, 1.82) is 0 Å². The van der Waals surface area contributed by atoms with Crippen LogP contribution in [0.3, 0.4) is 0 Å². The Balaban J connectivity index is 1.96. The summed E-state index contributed by atoms with van der Waals surface area (Å²) in [6.45, 7) is 0.670. The van der Waals surface area contributed by atoms with E-state index in [0.717, 1.165) is 24.9 Å². The molecule has 0 spiro atoms. The van der Waals surface area contributed by atoms with E-state index in [9.17, 15) is 4.79 Å². The van der Waals surface area contributed by atoms with E-state index < -0.39 is 0 Å². The quantitative estimate of drug-likeness (QED) is 0.790. The molecule has 0 heterocycles. The van der Waals surface area contributed by atoms with Crippen LogP contribution < -0.4 is 5.32 Å². The molecule has 0 bridgehead atoms. The van der Waals surface area contributed by atoms with Crippen molar-refractivity contribution in [1.82, 2.24) is 0 Å². The summed E-state index contributed by atoms with van der Waals surface area (Å²) in [7, 11) is 1.46. The maximum Gasteiger partial charge on any atom is 0.313 e. The predicted molar refractivity (Wildman–Crippen MR) is 63.2 cm³/mol. The number of nitrogens with one attached hydrogen (secondary N) is 1. The first-order chi connectivity index (χ1) is 7.77. The van der Waals surface area contributed by atoms with Crippen LogP contribution in [0.15, 0.2) is 30.3 Å². The van der Waals surface area contributed by atoms with Gasteiger partial charge in [-0.05, 0) is 25.0 Å². The highest BCUT2D eigenvalue weighted by Crippen LogP contribution is 2.42. The minimum Gasteiger partial charge on any atom is -0.469 e. The van der Waals surface area contributed by atoms with Crippen molar-refractivity contribution in [3.63, 3.8) is 0 Å². The van der Waals surface area contributed by atoms with Crippen LogP contribution in [0.4, 0.5) is 5.69 Å². The molecule has 1 aliphatic carbocycles. The molecule has 1 aromatic carbocycles. The normalized spacial score (nSPS) is 17.3. The molecule has 0 amide bonds. The zero-order valence-electron chi connectivity index (χ0n) is 9.53. The molecule has 1 saturated carbocycles. The monoisotopic (exact) mass is 219 g/mol. The van der Waals surface area contributed by atoms with Crippen molar-refractivity contribution < 1.29 is 9.53 Å². The van der Waals surface area contributed by atoms with Crippen LogP contribution in [0, 0.1) is 5.41 Å². The van der Waals surface area contributed by atoms with Gasteiger partial charge in [-0.1, -0.05) is 24.6 Å². The Morgan fingerprint density at radius 2 is 2.06 bits per heavy atom. The highest BCUT2D eigenvalue weighted by molar-refractivity contribution is 5.78. The Morgan fingerprint density at radius 3 is 2.56 bits per heavy atom. The van der Waals surface area contributed by atoms with E-state index in [-0.39, 0.29) is 11.4 Å². The number of carbonyl (C=O) groups is 1. The summed E-state index contributed by atoms with van der Waals surface area (Å²) in [5, 5.41) is 3.30. The number of methoxy groups -OCH3 is 1. The van der Waals surface area contributed by atoms with E-state index in [4.69, 9.17) is 4.74 Å².